The van der Waals surface area contributed by atoms with Gasteiger partial charge in [0.2, 0.25) is 0 Å². The number of para-hydroxylation sites is 1. The molecule has 4 rings (SSSR count). The van der Waals surface area contributed by atoms with Crippen LogP contribution >= 0.6 is 0 Å². The van der Waals surface area contributed by atoms with Gasteiger partial charge in [0, 0.05) is 31.0 Å². The third-order valence-corrected chi connectivity index (χ3v) is 4.71. The van der Waals surface area contributed by atoms with E-state index in [4.69, 9.17) is 4.74 Å². The molecule has 2 heterocycles. The molecule has 1 atom stereocenters. The minimum absolute atomic E-state index is 0.0259. The number of nitrogens with one attached hydrogen (secondary N) is 1. The lowest BCUT2D eigenvalue weighted by Gasteiger charge is -2.10. The molecular weight excluding hydrogens is 328 g/mol. The number of amides is 1. The number of aromatic nitrogens is 3. The molecule has 0 unspecified atom stereocenters. The average Bonchev–Trinajstić information content (AvgIpc) is 3.16. The summed E-state index contributed by atoms with van der Waals surface area (Å²) in [6, 6.07) is 15.5. The van der Waals surface area contributed by atoms with Gasteiger partial charge in [0.1, 0.15) is 11.6 Å². The normalized spacial score (nSPS) is 15.6. The van der Waals surface area contributed by atoms with E-state index in [1.165, 1.54) is 0 Å². The predicted octanol–water partition coefficient (Wildman–Crippen LogP) is 2.44. The van der Waals surface area contributed by atoms with Gasteiger partial charge in [-0.15, -0.1) is 0 Å². The van der Waals surface area contributed by atoms with E-state index in [2.05, 4.69) is 15.4 Å². The van der Waals surface area contributed by atoms with Gasteiger partial charge in [0.05, 0.1) is 13.2 Å². The zero-order valence-electron chi connectivity index (χ0n) is 14.8. The number of rotatable bonds is 5. The molecule has 1 amide bonds. The van der Waals surface area contributed by atoms with Crippen molar-refractivity contribution in [2.24, 2.45) is 7.05 Å². The highest BCUT2D eigenvalue weighted by molar-refractivity contribution is 5.99. The van der Waals surface area contributed by atoms with Crippen LogP contribution in [0.3, 0.4) is 0 Å². The van der Waals surface area contributed by atoms with E-state index in [-0.39, 0.29) is 11.9 Å². The fraction of sp³-hybridized carbons (Fsp3) is 0.250. The third-order valence-electron chi connectivity index (χ3n) is 4.71. The Morgan fingerprint density at radius 2 is 1.92 bits per heavy atom. The molecule has 0 fully saturated rings. The van der Waals surface area contributed by atoms with Crippen molar-refractivity contribution in [3.05, 3.63) is 76.9 Å². The molecule has 0 saturated carbocycles. The third kappa shape index (κ3) is 2.94. The quantitative estimate of drug-likeness (QED) is 0.769. The molecule has 0 radical (unpaired) electrons. The van der Waals surface area contributed by atoms with Gasteiger partial charge < -0.3 is 10.1 Å². The molecule has 1 aliphatic rings. The lowest BCUT2D eigenvalue weighted by Crippen LogP contribution is -2.21. The van der Waals surface area contributed by atoms with Gasteiger partial charge in [-0.3, -0.25) is 9.48 Å². The van der Waals surface area contributed by atoms with Crippen LogP contribution in [0, 0.1) is 0 Å². The zero-order valence-corrected chi connectivity index (χ0v) is 14.8. The zero-order chi connectivity index (χ0) is 18.1. The van der Waals surface area contributed by atoms with Crippen LogP contribution in [0.25, 0.3) is 0 Å². The maximum absolute atomic E-state index is 12.1. The second-order valence-corrected chi connectivity index (χ2v) is 6.37. The van der Waals surface area contributed by atoms with Crippen molar-refractivity contribution >= 4 is 5.91 Å². The Hall–Kier alpha value is -3.15. The highest BCUT2D eigenvalue weighted by atomic mass is 16.5. The first-order chi connectivity index (χ1) is 12.7. The van der Waals surface area contributed by atoms with Crippen LogP contribution in [0.15, 0.2) is 48.5 Å². The summed E-state index contributed by atoms with van der Waals surface area (Å²) in [6.07, 6.45) is 1.21. The number of ether oxygens (including phenoxy) is 1. The van der Waals surface area contributed by atoms with Crippen LogP contribution in [-0.2, 0) is 19.9 Å². The number of nitrogens with zero attached hydrogens (tertiary/aromatic N) is 3. The van der Waals surface area contributed by atoms with E-state index in [1.54, 1.807) is 11.8 Å². The topological polar surface area (TPSA) is 69.0 Å². The van der Waals surface area contributed by atoms with Gasteiger partial charge in [-0.2, -0.15) is 5.10 Å². The molecule has 132 valence electrons. The summed E-state index contributed by atoms with van der Waals surface area (Å²) < 4.78 is 7.19. The van der Waals surface area contributed by atoms with Crippen LogP contribution in [0.4, 0.5) is 0 Å². The molecule has 1 aliphatic heterocycles. The van der Waals surface area contributed by atoms with E-state index in [0.29, 0.717) is 12.8 Å². The van der Waals surface area contributed by atoms with Crippen LogP contribution in [0.2, 0.25) is 0 Å². The van der Waals surface area contributed by atoms with Gasteiger partial charge in [0.15, 0.2) is 5.82 Å². The monoisotopic (exact) mass is 348 g/mol. The molecule has 3 aromatic rings. The van der Waals surface area contributed by atoms with E-state index < -0.39 is 0 Å². The van der Waals surface area contributed by atoms with Crippen LogP contribution in [0.5, 0.6) is 5.75 Å². The summed E-state index contributed by atoms with van der Waals surface area (Å²) in [5.41, 5.74) is 2.81. The van der Waals surface area contributed by atoms with Crippen molar-refractivity contribution in [2.45, 2.75) is 18.9 Å². The second-order valence-electron chi connectivity index (χ2n) is 6.37. The maximum Gasteiger partial charge on any atom is 0.252 e. The molecule has 0 bridgehead atoms. The summed E-state index contributed by atoms with van der Waals surface area (Å²) in [7, 11) is 3.55. The molecule has 0 saturated heterocycles. The summed E-state index contributed by atoms with van der Waals surface area (Å²) in [4.78, 5) is 16.8. The van der Waals surface area contributed by atoms with Gasteiger partial charge >= 0.3 is 0 Å². The Morgan fingerprint density at radius 3 is 2.77 bits per heavy atom. The number of carbonyl (C=O) groups is 1. The van der Waals surface area contributed by atoms with Crippen molar-refractivity contribution in [1.29, 1.82) is 0 Å². The van der Waals surface area contributed by atoms with Crippen molar-refractivity contribution in [3.8, 4) is 5.75 Å². The van der Waals surface area contributed by atoms with E-state index >= 15 is 0 Å². The highest BCUT2D eigenvalue weighted by Crippen LogP contribution is 2.27. The molecule has 2 aromatic carbocycles. The number of fused-ring (bicyclic) bond motifs is 1. The SMILES string of the molecule is COc1ccccc1Cc1nc(C[C@@H]2NC(=O)c3ccccc32)n(C)n1. The lowest BCUT2D eigenvalue weighted by atomic mass is 10.0. The molecule has 6 nitrogen and oxygen atoms in total. The van der Waals surface area contributed by atoms with Gasteiger partial charge in [-0.25, -0.2) is 4.98 Å². The fourth-order valence-electron chi connectivity index (χ4n) is 3.41. The van der Waals surface area contributed by atoms with Crippen molar-refractivity contribution in [3.63, 3.8) is 0 Å². The molecule has 1 aromatic heterocycles. The summed E-state index contributed by atoms with van der Waals surface area (Å²) in [6.45, 7) is 0. The number of hydrogen-bond donors (Lipinski definition) is 1. The molecule has 0 aliphatic carbocycles. The molecular formula is C20H20N4O2. The summed E-state index contributed by atoms with van der Waals surface area (Å²) in [5.74, 6) is 2.39. The highest BCUT2D eigenvalue weighted by Gasteiger charge is 2.29. The Kier molecular flexibility index (Phi) is 4.16. The Labute approximate surface area is 151 Å². The van der Waals surface area contributed by atoms with Crippen LogP contribution < -0.4 is 10.1 Å². The minimum atomic E-state index is -0.0688. The van der Waals surface area contributed by atoms with Gasteiger partial charge in [-0.1, -0.05) is 36.4 Å². The minimum Gasteiger partial charge on any atom is -0.496 e. The van der Waals surface area contributed by atoms with E-state index in [9.17, 15) is 4.79 Å². The van der Waals surface area contributed by atoms with Gasteiger partial charge in [-0.05, 0) is 17.7 Å². The number of benzene rings is 2. The number of carbonyl (C=O) groups excluding carboxylic acids is 1. The van der Waals surface area contributed by atoms with Crippen molar-refractivity contribution < 1.29 is 9.53 Å². The molecule has 0 spiro atoms. The Balaban J connectivity index is 1.55. The summed E-state index contributed by atoms with van der Waals surface area (Å²) in [5, 5.41) is 7.57. The first-order valence-corrected chi connectivity index (χ1v) is 8.56. The van der Waals surface area contributed by atoms with Gasteiger partial charge in [0.25, 0.3) is 5.91 Å². The molecule has 1 N–H and O–H groups in total. The molecule has 26 heavy (non-hydrogen) atoms. The first-order valence-electron chi connectivity index (χ1n) is 8.56. The van der Waals surface area contributed by atoms with Crippen molar-refractivity contribution in [2.75, 3.05) is 7.11 Å². The smallest absolute Gasteiger partial charge is 0.252 e. The Morgan fingerprint density at radius 1 is 1.15 bits per heavy atom. The number of aryl methyl sites for hydroxylation is 1. The molecule has 6 heteroatoms. The van der Waals surface area contributed by atoms with E-state index in [0.717, 1.165) is 34.1 Å². The fourth-order valence-corrected chi connectivity index (χ4v) is 3.41. The van der Waals surface area contributed by atoms with Crippen LogP contribution in [0.1, 0.15) is 39.2 Å². The number of hydrogen-bond acceptors (Lipinski definition) is 4. The second kappa shape index (κ2) is 6.63. The maximum atomic E-state index is 12.1. The first kappa shape index (κ1) is 16.3. The average molecular weight is 348 g/mol. The van der Waals surface area contributed by atoms with E-state index in [1.807, 2.05) is 55.6 Å². The van der Waals surface area contributed by atoms with Crippen molar-refractivity contribution in [1.82, 2.24) is 20.1 Å². The largest absolute Gasteiger partial charge is 0.496 e. The number of methoxy groups -OCH3 is 1. The lowest BCUT2D eigenvalue weighted by molar-refractivity contribution is 0.0956. The standard InChI is InChI=1S/C20H20N4O2/c1-24-19(12-16-14-8-4-5-9-15(14)20(25)21-16)22-18(23-24)11-13-7-3-6-10-17(13)26-2/h3-10,16H,11-12H2,1-2H3,(H,21,25)/t16-/m0/s1. The summed E-state index contributed by atoms with van der Waals surface area (Å²) >= 11 is 0. The van der Waals surface area contributed by atoms with Crippen LogP contribution in [-0.4, -0.2) is 27.8 Å². The predicted molar refractivity (Wildman–Crippen MR) is 97.2 cm³/mol. The Bertz CT molecular complexity index is 964.